The molecule has 9 nitrogen and oxygen atoms in total. The lowest BCUT2D eigenvalue weighted by atomic mass is 10.0. The zero-order valence-electron chi connectivity index (χ0n) is 42.2. The Labute approximate surface area is 394 Å². The van der Waals surface area contributed by atoms with Crippen molar-refractivity contribution in [1.82, 2.24) is 0 Å². The van der Waals surface area contributed by atoms with Gasteiger partial charge in [0, 0.05) is 12.8 Å². The smallest absolute Gasteiger partial charge is 0.306 e. The molecular weight excluding hydrogens is 822 g/mol. The highest BCUT2D eigenvalue weighted by molar-refractivity contribution is 7.45. The summed E-state index contributed by atoms with van der Waals surface area (Å²) in [6.07, 6.45) is 55.7. The summed E-state index contributed by atoms with van der Waals surface area (Å²) in [5, 5.41) is 0. The summed E-state index contributed by atoms with van der Waals surface area (Å²) in [7, 11) is 1.16. The Morgan fingerprint density at radius 3 is 1.33 bits per heavy atom. The molecule has 0 heterocycles. The molecule has 0 aliphatic rings. The predicted molar refractivity (Wildman–Crippen MR) is 268 cm³/mol. The molecule has 10 heteroatoms. The number of allylic oxidation sites excluding steroid dienone is 8. The van der Waals surface area contributed by atoms with Gasteiger partial charge in [-0.15, -0.1) is 0 Å². The Balaban J connectivity index is 4.24. The summed E-state index contributed by atoms with van der Waals surface area (Å²) in [6.45, 7) is 4.14. The van der Waals surface area contributed by atoms with Crippen LogP contribution in [0.5, 0.6) is 0 Å². The number of carbonyl (C=O) groups is 2. The number of nitrogens with zero attached hydrogens (tertiary/aromatic N) is 1. The van der Waals surface area contributed by atoms with Gasteiger partial charge in [0.1, 0.15) is 19.8 Å². The molecule has 0 aromatic carbocycles. The van der Waals surface area contributed by atoms with E-state index in [9.17, 15) is 19.0 Å². The van der Waals surface area contributed by atoms with E-state index >= 15 is 0 Å². The fourth-order valence-electron chi connectivity index (χ4n) is 7.29. The topological polar surface area (TPSA) is 111 Å². The number of unbranched alkanes of at least 4 members (excludes halogenated alkanes) is 26. The van der Waals surface area contributed by atoms with Crippen molar-refractivity contribution in [2.24, 2.45) is 0 Å². The van der Waals surface area contributed by atoms with E-state index in [1.54, 1.807) is 0 Å². The Bertz CT molecular complexity index is 1230. The van der Waals surface area contributed by atoms with Gasteiger partial charge in [-0.2, -0.15) is 0 Å². The highest BCUT2D eigenvalue weighted by atomic mass is 31.2. The molecule has 0 N–H and O–H groups in total. The molecule has 0 spiro atoms. The van der Waals surface area contributed by atoms with Gasteiger partial charge in [-0.3, -0.25) is 14.2 Å². The molecule has 0 amide bonds. The zero-order chi connectivity index (χ0) is 47.1. The maximum absolute atomic E-state index is 12.8. The van der Waals surface area contributed by atoms with E-state index in [2.05, 4.69) is 62.5 Å². The molecule has 0 aromatic rings. The van der Waals surface area contributed by atoms with Crippen molar-refractivity contribution >= 4 is 19.8 Å². The predicted octanol–water partition coefficient (Wildman–Crippen LogP) is 15.2. The lowest BCUT2D eigenvalue weighted by Crippen LogP contribution is -2.37. The van der Waals surface area contributed by atoms with E-state index in [4.69, 9.17) is 18.5 Å². The van der Waals surface area contributed by atoms with Gasteiger partial charge in [0.05, 0.1) is 27.7 Å². The number of hydrogen-bond acceptors (Lipinski definition) is 8. The van der Waals surface area contributed by atoms with Crippen molar-refractivity contribution in [3.63, 3.8) is 0 Å². The van der Waals surface area contributed by atoms with E-state index in [0.29, 0.717) is 17.4 Å². The minimum atomic E-state index is -4.63. The molecule has 2 unspecified atom stereocenters. The average molecular weight is 922 g/mol. The summed E-state index contributed by atoms with van der Waals surface area (Å²) < 4.78 is 34.1. The van der Waals surface area contributed by atoms with Crippen LogP contribution in [-0.2, 0) is 32.7 Å². The van der Waals surface area contributed by atoms with Crippen LogP contribution in [0.1, 0.15) is 232 Å². The summed E-state index contributed by atoms with van der Waals surface area (Å²) in [5.74, 6) is -0.835. The maximum atomic E-state index is 12.8. The van der Waals surface area contributed by atoms with Gasteiger partial charge in [-0.05, 0) is 51.4 Å². The third kappa shape index (κ3) is 49.4. The highest BCUT2D eigenvalue weighted by Gasteiger charge is 2.21. The molecule has 0 aromatic heterocycles. The number of phosphoric ester groups is 1. The first-order valence-corrected chi connectivity index (χ1v) is 27.8. The number of quaternary nitrogens is 1. The quantitative estimate of drug-likeness (QED) is 0.0195. The molecular formula is C54H100NO8P. The van der Waals surface area contributed by atoms with Gasteiger partial charge in [0.2, 0.25) is 0 Å². The molecule has 0 aliphatic carbocycles. The van der Waals surface area contributed by atoms with Crippen LogP contribution in [0.2, 0.25) is 0 Å². The van der Waals surface area contributed by atoms with Crippen molar-refractivity contribution in [3.05, 3.63) is 48.6 Å². The lowest BCUT2D eigenvalue weighted by Gasteiger charge is -2.28. The van der Waals surface area contributed by atoms with Gasteiger partial charge >= 0.3 is 11.9 Å². The first-order chi connectivity index (χ1) is 31.0. The number of esters is 2. The standard InChI is InChI=1S/C54H100NO8P/c1-6-8-10-12-14-16-18-20-22-24-26-27-29-31-33-35-37-39-41-43-45-47-54(57)63-52(51-62-64(58,59)61-49-48-55(3,4)5)50-60-53(56)46-44-42-40-38-36-34-32-30-28-25-23-21-19-17-15-13-11-9-7-2/h8,10,14,16,20,22,26-27,52H,6-7,9,11-13,15,17-19,21,23-25,28-51H2,1-5H3/b10-8-,16-14-,22-20-,27-26-. The van der Waals surface area contributed by atoms with Crippen LogP contribution in [-0.4, -0.2) is 70.0 Å². The normalized spacial score (nSPS) is 13.8. The Morgan fingerprint density at radius 1 is 0.500 bits per heavy atom. The second-order valence-corrected chi connectivity index (χ2v) is 20.3. The third-order valence-corrected chi connectivity index (χ3v) is 12.3. The molecule has 0 saturated carbocycles. The lowest BCUT2D eigenvalue weighted by molar-refractivity contribution is -0.870. The molecule has 0 aliphatic heterocycles. The summed E-state index contributed by atoms with van der Waals surface area (Å²) in [6, 6.07) is 0. The largest absolute Gasteiger partial charge is 0.756 e. The van der Waals surface area contributed by atoms with Crippen molar-refractivity contribution in [1.29, 1.82) is 0 Å². The zero-order valence-corrected chi connectivity index (χ0v) is 43.1. The highest BCUT2D eigenvalue weighted by Crippen LogP contribution is 2.38. The second-order valence-electron chi connectivity index (χ2n) is 18.9. The Morgan fingerprint density at radius 2 is 0.891 bits per heavy atom. The Kier molecular flexibility index (Phi) is 44.6. The van der Waals surface area contributed by atoms with E-state index in [1.807, 2.05) is 21.1 Å². The van der Waals surface area contributed by atoms with Crippen LogP contribution >= 0.6 is 7.82 Å². The van der Waals surface area contributed by atoms with Crippen LogP contribution in [0.4, 0.5) is 0 Å². The van der Waals surface area contributed by atoms with Crippen LogP contribution < -0.4 is 4.89 Å². The second kappa shape index (κ2) is 46.1. The number of hydrogen-bond donors (Lipinski definition) is 0. The maximum Gasteiger partial charge on any atom is 0.306 e. The molecule has 0 bridgehead atoms. The number of phosphoric acid groups is 1. The molecule has 374 valence electrons. The SMILES string of the molecule is CC/C=C\C/C=C\C/C=C\C/C=C\CCCCCCCCCCC(=O)OC(COC(=O)CCCCCCCCCCCCCCCCCCCCC)COP(=O)([O-])OCC[N+](C)(C)C. The van der Waals surface area contributed by atoms with E-state index in [-0.39, 0.29) is 32.0 Å². The number of carbonyl (C=O) groups excluding carboxylic acids is 2. The number of likely N-dealkylation sites (N-methyl/N-ethyl adjacent to an activating group) is 1. The van der Waals surface area contributed by atoms with Gasteiger partial charge in [0.15, 0.2) is 6.10 Å². The van der Waals surface area contributed by atoms with Crippen molar-refractivity contribution in [2.45, 2.75) is 238 Å². The van der Waals surface area contributed by atoms with E-state index in [1.165, 1.54) is 128 Å². The first kappa shape index (κ1) is 62.0. The minimum absolute atomic E-state index is 0.0326. The number of rotatable bonds is 48. The van der Waals surface area contributed by atoms with Crippen LogP contribution in [0.25, 0.3) is 0 Å². The van der Waals surface area contributed by atoms with Crippen LogP contribution in [0.15, 0.2) is 48.6 Å². The van der Waals surface area contributed by atoms with Gasteiger partial charge < -0.3 is 27.9 Å². The van der Waals surface area contributed by atoms with Crippen molar-refractivity contribution in [3.8, 4) is 0 Å². The third-order valence-electron chi connectivity index (χ3n) is 11.4. The van der Waals surface area contributed by atoms with Gasteiger partial charge in [-0.25, -0.2) is 0 Å². The molecule has 0 saturated heterocycles. The molecule has 0 rings (SSSR count). The van der Waals surface area contributed by atoms with Gasteiger partial charge in [0.25, 0.3) is 7.82 Å². The summed E-state index contributed by atoms with van der Waals surface area (Å²) >= 11 is 0. The Hall–Kier alpha value is -2.03. The van der Waals surface area contributed by atoms with E-state index in [0.717, 1.165) is 70.6 Å². The molecule has 0 fully saturated rings. The molecule has 64 heavy (non-hydrogen) atoms. The van der Waals surface area contributed by atoms with Crippen LogP contribution in [0.3, 0.4) is 0 Å². The number of ether oxygens (including phenoxy) is 2. The first-order valence-electron chi connectivity index (χ1n) is 26.3. The monoisotopic (exact) mass is 922 g/mol. The summed E-state index contributed by atoms with van der Waals surface area (Å²) in [4.78, 5) is 37.8. The molecule has 2 atom stereocenters. The van der Waals surface area contributed by atoms with Crippen molar-refractivity contribution in [2.75, 3.05) is 47.5 Å². The fraction of sp³-hybridized carbons (Fsp3) is 0.815. The van der Waals surface area contributed by atoms with Gasteiger partial charge in [-0.1, -0.05) is 217 Å². The average Bonchev–Trinajstić information content (AvgIpc) is 3.25. The fourth-order valence-corrected chi connectivity index (χ4v) is 8.02. The summed E-state index contributed by atoms with van der Waals surface area (Å²) in [5.41, 5.74) is 0. The van der Waals surface area contributed by atoms with E-state index < -0.39 is 26.5 Å². The molecule has 0 radical (unpaired) electrons. The van der Waals surface area contributed by atoms with Crippen molar-refractivity contribution < 1.29 is 42.1 Å². The van der Waals surface area contributed by atoms with Crippen LogP contribution in [0, 0.1) is 0 Å². The minimum Gasteiger partial charge on any atom is -0.756 e.